The molecule has 0 atom stereocenters. The Bertz CT molecular complexity index is 1030. The van der Waals surface area contributed by atoms with Crippen LogP contribution >= 0.6 is 0 Å². The van der Waals surface area contributed by atoms with Crippen LogP contribution < -0.4 is 4.72 Å². The first-order valence-electron chi connectivity index (χ1n) is 7.10. The van der Waals surface area contributed by atoms with E-state index in [2.05, 4.69) is 20.1 Å². The second-order valence-electron chi connectivity index (χ2n) is 5.11. The Morgan fingerprint density at radius 3 is 2.62 bits per heavy atom. The van der Waals surface area contributed by atoms with Crippen LogP contribution in [-0.4, -0.2) is 34.9 Å². The first-order chi connectivity index (χ1) is 11.4. The number of sulfonamides is 1. The number of aromatic nitrogens is 3. The fourth-order valence-corrected chi connectivity index (χ4v) is 3.42. The second-order valence-corrected chi connectivity index (χ2v) is 6.79. The SMILES string of the molecule is CCc1ccc(S(=O)(=O)Nc2ccc3n[nH]nc3c2)cc1C(=O)O. The van der Waals surface area contributed by atoms with Gasteiger partial charge < -0.3 is 5.11 Å². The second kappa shape index (κ2) is 5.93. The quantitative estimate of drug-likeness (QED) is 0.649. The number of hydrogen-bond acceptors (Lipinski definition) is 5. The number of nitrogens with one attached hydrogen (secondary N) is 2. The van der Waals surface area contributed by atoms with Crippen LogP contribution in [0.3, 0.4) is 0 Å². The molecule has 1 aromatic heterocycles. The largest absolute Gasteiger partial charge is 0.478 e. The van der Waals surface area contributed by atoms with Crippen LogP contribution in [0.25, 0.3) is 11.0 Å². The van der Waals surface area contributed by atoms with E-state index < -0.39 is 16.0 Å². The summed E-state index contributed by atoms with van der Waals surface area (Å²) in [5, 5.41) is 19.5. The van der Waals surface area contributed by atoms with Crippen LogP contribution in [0.1, 0.15) is 22.8 Å². The van der Waals surface area contributed by atoms with E-state index in [1.54, 1.807) is 19.1 Å². The van der Waals surface area contributed by atoms with E-state index in [9.17, 15) is 18.3 Å². The molecule has 0 saturated heterocycles. The predicted octanol–water partition coefficient (Wildman–Crippen LogP) is 2.02. The predicted molar refractivity (Wildman–Crippen MR) is 87.5 cm³/mol. The van der Waals surface area contributed by atoms with E-state index in [4.69, 9.17) is 0 Å². The smallest absolute Gasteiger partial charge is 0.336 e. The zero-order chi connectivity index (χ0) is 17.3. The minimum atomic E-state index is -3.92. The summed E-state index contributed by atoms with van der Waals surface area (Å²) < 4.78 is 27.4. The highest BCUT2D eigenvalue weighted by Crippen LogP contribution is 2.22. The Hall–Kier alpha value is -2.94. The van der Waals surface area contributed by atoms with Gasteiger partial charge in [0.2, 0.25) is 0 Å². The average Bonchev–Trinajstić information content (AvgIpc) is 3.01. The van der Waals surface area contributed by atoms with E-state index in [-0.39, 0.29) is 10.5 Å². The summed E-state index contributed by atoms with van der Waals surface area (Å²) in [6, 6.07) is 8.79. The van der Waals surface area contributed by atoms with Crippen molar-refractivity contribution in [2.24, 2.45) is 0 Å². The Labute approximate surface area is 137 Å². The third-order valence-corrected chi connectivity index (χ3v) is 4.95. The van der Waals surface area contributed by atoms with Gasteiger partial charge in [0.05, 0.1) is 16.1 Å². The number of aromatic carboxylic acids is 1. The zero-order valence-corrected chi connectivity index (χ0v) is 13.5. The van der Waals surface area contributed by atoms with Gasteiger partial charge in [0.15, 0.2) is 0 Å². The summed E-state index contributed by atoms with van der Waals surface area (Å²) in [5.74, 6) is -1.16. The molecule has 0 radical (unpaired) electrons. The van der Waals surface area contributed by atoms with E-state index in [1.165, 1.54) is 18.2 Å². The Balaban J connectivity index is 1.97. The summed E-state index contributed by atoms with van der Waals surface area (Å²) in [6.45, 7) is 1.81. The number of carbonyl (C=O) groups is 1. The molecule has 0 aliphatic heterocycles. The Kier molecular flexibility index (Phi) is 3.94. The number of carboxylic acid groups (broad SMARTS) is 1. The molecule has 3 N–H and O–H groups in total. The number of carboxylic acids is 1. The molecule has 9 heteroatoms. The third-order valence-electron chi connectivity index (χ3n) is 3.57. The highest BCUT2D eigenvalue weighted by atomic mass is 32.2. The number of fused-ring (bicyclic) bond motifs is 1. The molecule has 0 aliphatic carbocycles. The topological polar surface area (TPSA) is 125 Å². The maximum Gasteiger partial charge on any atom is 0.336 e. The van der Waals surface area contributed by atoms with Gasteiger partial charge in [-0.25, -0.2) is 13.2 Å². The van der Waals surface area contributed by atoms with Crippen LogP contribution in [0, 0.1) is 0 Å². The van der Waals surface area contributed by atoms with E-state index in [0.717, 1.165) is 6.07 Å². The van der Waals surface area contributed by atoms with Gasteiger partial charge in [0.1, 0.15) is 11.0 Å². The van der Waals surface area contributed by atoms with Crippen LogP contribution in [0.5, 0.6) is 0 Å². The molecule has 124 valence electrons. The van der Waals surface area contributed by atoms with Crippen molar-refractivity contribution in [2.45, 2.75) is 18.2 Å². The number of aromatic amines is 1. The van der Waals surface area contributed by atoms with Gasteiger partial charge in [0, 0.05) is 0 Å². The van der Waals surface area contributed by atoms with Crippen LogP contribution in [-0.2, 0) is 16.4 Å². The molecule has 0 fully saturated rings. The van der Waals surface area contributed by atoms with Crippen molar-refractivity contribution in [3.63, 3.8) is 0 Å². The van der Waals surface area contributed by atoms with Gasteiger partial charge in [-0.15, -0.1) is 0 Å². The van der Waals surface area contributed by atoms with Crippen LogP contribution in [0.15, 0.2) is 41.3 Å². The fourth-order valence-electron chi connectivity index (χ4n) is 2.35. The Morgan fingerprint density at radius 1 is 1.17 bits per heavy atom. The lowest BCUT2D eigenvalue weighted by atomic mass is 10.1. The third kappa shape index (κ3) is 2.93. The van der Waals surface area contributed by atoms with Crippen molar-refractivity contribution < 1.29 is 18.3 Å². The molecule has 24 heavy (non-hydrogen) atoms. The molecule has 3 aromatic rings. The van der Waals surface area contributed by atoms with Gasteiger partial charge >= 0.3 is 5.97 Å². The van der Waals surface area contributed by atoms with Crippen molar-refractivity contribution in [3.8, 4) is 0 Å². The summed E-state index contributed by atoms with van der Waals surface area (Å²) in [5.41, 5.74) is 1.99. The number of H-pyrrole nitrogens is 1. The molecule has 1 heterocycles. The molecule has 0 aliphatic rings. The summed E-state index contributed by atoms with van der Waals surface area (Å²) in [6.07, 6.45) is 0.498. The minimum absolute atomic E-state index is 0.0210. The number of benzene rings is 2. The molecule has 0 spiro atoms. The highest BCUT2D eigenvalue weighted by Gasteiger charge is 2.19. The molecule has 0 unspecified atom stereocenters. The zero-order valence-electron chi connectivity index (χ0n) is 12.6. The average molecular weight is 346 g/mol. The first kappa shape index (κ1) is 15.9. The van der Waals surface area contributed by atoms with Gasteiger partial charge in [-0.2, -0.15) is 15.4 Å². The summed E-state index contributed by atoms with van der Waals surface area (Å²) in [7, 11) is -3.92. The molecule has 0 amide bonds. The van der Waals surface area contributed by atoms with Crippen molar-refractivity contribution in [1.29, 1.82) is 0 Å². The van der Waals surface area contributed by atoms with Crippen molar-refractivity contribution in [2.75, 3.05) is 4.72 Å². The molecule has 0 saturated carbocycles. The van der Waals surface area contributed by atoms with Gasteiger partial charge in [-0.05, 0) is 42.3 Å². The lowest BCUT2D eigenvalue weighted by Gasteiger charge is -2.10. The number of rotatable bonds is 5. The highest BCUT2D eigenvalue weighted by molar-refractivity contribution is 7.92. The fraction of sp³-hybridized carbons (Fsp3) is 0.133. The summed E-state index contributed by atoms with van der Waals surface area (Å²) >= 11 is 0. The van der Waals surface area contributed by atoms with Crippen molar-refractivity contribution in [1.82, 2.24) is 15.4 Å². The number of aryl methyl sites for hydroxylation is 1. The lowest BCUT2D eigenvalue weighted by Crippen LogP contribution is -2.14. The normalized spacial score (nSPS) is 11.5. The molecular formula is C15H14N4O4S. The molecule has 8 nitrogen and oxygen atoms in total. The molecule has 3 rings (SSSR count). The first-order valence-corrected chi connectivity index (χ1v) is 8.58. The van der Waals surface area contributed by atoms with Gasteiger partial charge in [-0.1, -0.05) is 13.0 Å². The monoisotopic (exact) mass is 346 g/mol. The van der Waals surface area contributed by atoms with Gasteiger partial charge in [-0.3, -0.25) is 4.72 Å². The van der Waals surface area contributed by atoms with E-state index in [0.29, 0.717) is 28.7 Å². The van der Waals surface area contributed by atoms with E-state index >= 15 is 0 Å². The molecular weight excluding hydrogens is 332 g/mol. The number of nitrogens with zero attached hydrogens (tertiary/aromatic N) is 2. The van der Waals surface area contributed by atoms with E-state index in [1.807, 2.05) is 0 Å². The maximum atomic E-state index is 12.5. The number of hydrogen-bond donors (Lipinski definition) is 3. The molecule has 0 bridgehead atoms. The molecule has 2 aromatic carbocycles. The van der Waals surface area contributed by atoms with Crippen LogP contribution in [0.2, 0.25) is 0 Å². The number of anilines is 1. The standard InChI is InChI=1S/C15H14N4O4S/c1-2-9-3-5-11(8-12(9)15(20)21)24(22,23)18-10-4-6-13-14(7-10)17-19-16-13/h3-8,18H,2H2,1H3,(H,20,21)(H,16,17,19). The minimum Gasteiger partial charge on any atom is -0.478 e. The van der Waals surface area contributed by atoms with Gasteiger partial charge in [0.25, 0.3) is 10.0 Å². The van der Waals surface area contributed by atoms with Crippen molar-refractivity contribution >= 4 is 32.7 Å². The summed E-state index contributed by atoms with van der Waals surface area (Å²) in [4.78, 5) is 11.2. The lowest BCUT2D eigenvalue weighted by molar-refractivity contribution is 0.0695. The maximum absolute atomic E-state index is 12.5. The van der Waals surface area contributed by atoms with Crippen molar-refractivity contribution in [3.05, 3.63) is 47.5 Å². The Morgan fingerprint density at radius 2 is 1.92 bits per heavy atom. The van der Waals surface area contributed by atoms with Crippen LogP contribution in [0.4, 0.5) is 5.69 Å².